The van der Waals surface area contributed by atoms with Crippen LogP contribution < -0.4 is 0 Å². The molecule has 3 aromatic carbocycles. The molecule has 22 heavy (non-hydrogen) atoms. The first-order valence-corrected chi connectivity index (χ1v) is 8.10. The van der Waals surface area contributed by atoms with E-state index in [0.717, 1.165) is 18.4 Å². The van der Waals surface area contributed by atoms with Crippen LogP contribution in [0.3, 0.4) is 0 Å². The molecule has 0 aliphatic heterocycles. The normalized spacial score (nSPS) is 19.6. The molecule has 0 spiro atoms. The van der Waals surface area contributed by atoms with Crippen LogP contribution in [0.25, 0.3) is 21.5 Å². The highest BCUT2D eigenvalue weighted by Crippen LogP contribution is 2.38. The number of fused-ring (bicyclic) bond motifs is 2. The minimum absolute atomic E-state index is 0.225. The predicted octanol–water partition coefficient (Wildman–Crippen LogP) is 5.38. The third kappa shape index (κ3) is 2.22. The summed E-state index contributed by atoms with van der Waals surface area (Å²) < 4.78 is 0. The van der Waals surface area contributed by atoms with Gasteiger partial charge in [-0.05, 0) is 52.4 Å². The predicted molar refractivity (Wildman–Crippen MR) is 92.9 cm³/mol. The molecular formula is C21H20O. The third-order valence-corrected chi connectivity index (χ3v) is 4.81. The summed E-state index contributed by atoms with van der Waals surface area (Å²) in [6.07, 6.45) is 7.35. The zero-order valence-electron chi connectivity index (χ0n) is 12.6. The maximum absolute atomic E-state index is 11.1. The zero-order valence-corrected chi connectivity index (χ0v) is 12.6. The fourth-order valence-electron chi connectivity index (χ4n) is 3.68. The van der Waals surface area contributed by atoms with Gasteiger partial charge in [-0.2, -0.15) is 0 Å². The fraction of sp³-hybridized carbons (Fsp3) is 0.238. The Balaban J connectivity index is 1.99. The number of aliphatic hydroxyl groups is 1. The van der Waals surface area contributed by atoms with Gasteiger partial charge in [0.05, 0.1) is 6.10 Å². The topological polar surface area (TPSA) is 20.2 Å². The molecule has 0 heterocycles. The molecule has 0 saturated carbocycles. The van der Waals surface area contributed by atoms with Crippen molar-refractivity contribution in [3.05, 3.63) is 72.3 Å². The lowest BCUT2D eigenvalue weighted by Crippen LogP contribution is -2.13. The second-order valence-corrected chi connectivity index (χ2v) is 6.20. The molecule has 0 saturated heterocycles. The summed E-state index contributed by atoms with van der Waals surface area (Å²) in [4.78, 5) is 0. The first kappa shape index (κ1) is 13.5. The number of benzene rings is 3. The first-order valence-electron chi connectivity index (χ1n) is 8.10. The zero-order chi connectivity index (χ0) is 14.9. The van der Waals surface area contributed by atoms with Crippen molar-refractivity contribution in [2.75, 3.05) is 0 Å². The van der Waals surface area contributed by atoms with Crippen molar-refractivity contribution in [1.29, 1.82) is 0 Å². The second-order valence-electron chi connectivity index (χ2n) is 6.20. The number of hydrogen-bond acceptors (Lipinski definition) is 1. The largest absolute Gasteiger partial charge is 0.388 e. The van der Waals surface area contributed by atoms with Gasteiger partial charge in [0.15, 0.2) is 0 Å². The van der Waals surface area contributed by atoms with Gasteiger partial charge in [-0.25, -0.2) is 0 Å². The lowest BCUT2D eigenvalue weighted by atomic mass is 9.83. The fourth-order valence-corrected chi connectivity index (χ4v) is 3.68. The van der Waals surface area contributed by atoms with Crippen LogP contribution in [0.5, 0.6) is 0 Å². The molecule has 110 valence electrons. The summed E-state index contributed by atoms with van der Waals surface area (Å²) >= 11 is 0. The van der Waals surface area contributed by atoms with Crippen molar-refractivity contribution in [2.24, 2.45) is 5.92 Å². The van der Waals surface area contributed by atoms with Gasteiger partial charge in [0.1, 0.15) is 0 Å². The number of aliphatic hydroxyl groups excluding tert-OH is 1. The summed E-state index contributed by atoms with van der Waals surface area (Å²) in [5.74, 6) is 0.225. The van der Waals surface area contributed by atoms with Crippen LogP contribution in [0.2, 0.25) is 0 Å². The lowest BCUT2D eigenvalue weighted by molar-refractivity contribution is 0.126. The number of rotatable bonds is 2. The Morgan fingerprint density at radius 2 is 1.55 bits per heavy atom. The smallest absolute Gasteiger partial charge is 0.0864 e. The highest BCUT2D eigenvalue weighted by atomic mass is 16.3. The highest BCUT2D eigenvalue weighted by molar-refractivity contribution is 6.02. The SMILES string of the molecule is OC(c1c2ccccc2cc2ccccc12)C1C=CCCC1. The van der Waals surface area contributed by atoms with E-state index in [1.54, 1.807) is 0 Å². The van der Waals surface area contributed by atoms with E-state index < -0.39 is 6.10 Å². The molecule has 1 heteroatoms. The average molecular weight is 288 g/mol. The summed E-state index contributed by atoms with van der Waals surface area (Å²) in [5, 5.41) is 15.8. The molecule has 1 aliphatic rings. The van der Waals surface area contributed by atoms with Crippen molar-refractivity contribution >= 4 is 21.5 Å². The summed E-state index contributed by atoms with van der Waals surface area (Å²) in [6, 6.07) is 19.0. The molecule has 0 fully saturated rings. The van der Waals surface area contributed by atoms with Crippen LogP contribution in [0, 0.1) is 5.92 Å². The molecular weight excluding hydrogens is 268 g/mol. The van der Waals surface area contributed by atoms with E-state index in [1.807, 2.05) is 0 Å². The quantitative estimate of drug-likeness (QED) is 0.495. The molecule has 0 bridgehead atoms. The Hall–Kier alpha value is -2.12. The Morgan fingerprint density at radius 1 is 0.909 bits per heavy atom. The Bertz CT molecular complexity index is 793. The summed E-state index contributed by atoms with van der Waals surface area (Å²) in [7, 11) is 0. The van der Waals surface area contributed by atoms with E-state index in [-0.39, 0.29) is 5.92 Å². The van der Waals surface area contributed by atoms with Gasteiger partial charge in [0.2, 0.25) is 0 Å². The molecule has 1 aliphatic carbocycles. The van der Waals surface area contributed by atoms with Crippen molar-refractivity contribution in [3.63, 3.8) is 0 Å². The monoisotopic (exact) mass is 288 g/mol. The second kappa shape index (κ2) is 5.58. The minimum atomic E-state index is -0.437. The molecule has 3 aromatic rings. The summed E-state index contributed by atoms with van der Waals surface area (Å²) in [5.41, 5.74) is 1.09. The Kier molecular flexibility index (Phi) is 3.44. The van der Waals surface area contributed by atoms with Crippen molar-refractivity contribution in [3.8, 4) is 0 Å². The van der Waals surface area contributed by atoms with E-state index >= 15 is 0 Å². The lowest BCUT2D eigenvalue weighted by Gasteiger charge is -2.25. The maximum Gasteiger partial charge on any atom is 0.0864 e. The maximum atomic E-state index is 11.1. The van der Waals surface area contributed by atoms with E-state index in [9.17, 15) is 5.11 Å². The van der Waals surface area contributed by atoms with Gasteiger partial charge in [-0.1, -0.05) is 60.7 Å². The minimum Gasteiger partial charge on any atom is -0.388 e. The molecule has 0 aromatic heterocycles. The van der Waals surface area contributed by atoms with Crippen LogP contribution in [-0.4, -0.2) is 5.11 Å². The Morgan fingerprint density at radius 3 is 2.14 bits per heavy atom. The van der Waals surface area contributed by atoms with Gasteiger partial charge in [0.25, 0.3) is 0 Å². The molecule has 0 radical (unpaired) electrons. The number of allylic oxidation sites excluding steroid dienone is 1. The van der Waals surface area contributed by atoms with Crippen molar-refractivity contribution in [1.82, 2.24) is 0 Å². The molecule has 4 rings (SSSR count). The van der Waals surface area contributed by atoms with E-state index in [0.29, 0.717) is 0 Å². The van der Waals surface area contributed by atoms with Gasteiger partial charge in [0, 0.05) is 5.92 Å². The third-order valence-electron chi connectivity index (χ3n) is 4.81. The molecule has 2 atom stereocenters. The van der Waals surface area contributed by atoms with Crippen molar-refractivity contribution in [2.45, 2.75) is 25.4 Å². The Labute approximate surface area is 130 Å². The molecule has 1 nitrogen and oxygen atoms in total. The van der Waals surface area contributed by atoms with Crippen LogP contribution in [-0.2, 0) is 0 Å². The number of hydrogen-bond donors (Lipinski definition) is 1. The van der Waals surface area contributed by atoms with Crippen LogP contribution in [0.4, 0.5) is 0 Å². The van der Waals surface area contributed by atoms with Crippen LogP contribution in [0.15, 0.2) is 66.7 Å². The summed E-state index contributed by atoms with van der Waals surface area (Å²) in [6.45, 7) is 0. The van der Waals surface area contributed by atoms with Gasteiger partial charge in [-0.3, -0.25) is 0 Å². The van der Waals surface area contributed by atoms with E-state index in [1.165, 1.54) is 28.0 Å². The molecule has 1 N–H and O–H groups in total. The van der Waals surface area contributed by atoms with E-state index in [4.69, 9.17) is 0 Å². The molecule has 0 amide bonds. The standard InChI is InChI=1S/C21H20O/c22-21(15-8-2-1-3-9-15)20-18-12-6-4-10-16(18)14-17-11-5-7-13-19(17)20/h2,4-8,10-15,21-22H,1,3,9H2. The average Bonchev–Trinajstić information content (AvgIpc) is 2.60. The van der Waals surface area contributed by atoms with Gasteiger partial charge >= 0.3 is 0 Å². The van der Waals surface area contributed by atoms with Crippen LogP contribution in [0.1, 0.15) is 30.9 Å². The van der Waals surface area contributed by atoms with Gasteiger partial charge in [-0.15, -0.1) is 0 Å². The van der Waals surface area contributed by atoms with E-state index in [2.05, 4.69) is 66.7 Å². The highest BCUT2D eigenvalue weighted by Gasteiger charge is 2.23. The molecule has 2 unspecified atom stereocenters. The first-order chi connectivity index (χ1) is 10.8. The van der Waals surface area contributed by atoms with Crippen molar-refractivity contribution < 1.29 is 5.11 Å². The van der Waals surface area contributed by atoms with Gasteiger partial charge < -0.3 is 5.11 Å². The van der Waals surface area contributed by atoms with Crippen LogP contribution >= 0.6 is 0 Å².